The fraction of sp³-hybridized carbons (Fsp3) is 0.308. The highest BCUT2D eigenvalue weighted by Gasteiger charge is 2.04. The third kappa shape index (κ3) is 3.07. The summed E-state index contributed by atoms with van der Waals surface area (Å²) in [6.07, 6.45) is 2.91. The molecule has 2 aromatic rings. The van der Waals surface area contributed by atoms with E-state index in [0.717, 1.165) is 17.8 Å². The molecule has 0 aromatic carbocycles. The molecule has 0 radical (unpaired) electrons. The van der Waals surface area contributed by atoms with Crippen molar-refractivity contribution in [2.75, 3.05) is 5.32 Å². The van der Waals surface area contributed by atoms with Gasteiger partial charge in [-0.3, -0.25) is 4.98 Å². The highest BCUT2D eigenvalue weighted by molar-refractivity contribution is 7.09. The summed E-state index contributed by atoms with van der Waals surface area (Å²) in [6.45, 7) is 4.21. The maximum Gasteiger partial charge on any atom is 0.0393 e. The molecule has 0 bridgehead atoms. The van der Waals surface area contributed by atoms with Crippen molar-refractivity contribution in [1.82, 2.24) is 4.98 Å². The molecule has 0 amide bonds. The van der Waals surface area contributed by atoms with Crippen LogP contribution < -0.4 is 5.32 Å². The predicted octanol–water partition coefficient (Wildman–Crippen LogP) is 3.49. The van der Waals surface area contributed by atoms with Crippen LogP contribution in [0, 0.1) is 6.92 Å². The first-order chi connectivity index (χ1) is 7.74. The fourth-order valence-electron chi connectivity index (χ4n) is 1.70. The van der Waals surface area contributed by atoms with Gasteiger partial charge in [0.2, 0.25) is 0 Å². The number of nitrogens with one attached hydrogen (secondary N) is 1. The molecule has 84 valence electrons. The minimum atomic E-state index is 0.445. The van der Waals surface area contributed by atoms with Gasteiger partial charge in [-0.25, -0.2) is 0 Å². The van der Waals surface area contributed by atoms with Gasteiger partial charge < -0.3 is 5.32 Å². The number of hydrogen-bond donors (Lipinski definition) is 1. The summed E-state index contributed by atoms with van der Waals surface area (Å²) in [5.41, 5.74) is 2.20. The van der Waals surface area contributed by atoms with Crippen molar-refractivity contribution in [1.29, 1.82) is 0 Å². The van der Waals surface area contributed by atoms with E-state index in [0.29, 0.717) is 6.04 Å². The van der Waals surface area contributed by atoms with Crippen molar-refractivity contribution in [2.45, 2.75) is 26.3 Å². The van der Waals surface area contributed by atoms with Crippen LogP contribution in [0.1, 0.15) is 17.5 Å². The Balaban J connectivity index is 1.94. The molecule has 1 unspecified atom stereocenters. The van der Waals surface area contributed by atoms with E-state index in [-0.39, 0.29) is 0 Å². The lowest BCUT2D eigenvalue weighted by molar-refractivity contribution is 0.800. The highest BCUT2D eigenvalue weighted by Crippen LogP contribution is 2.14. The summed E-state index contributed by atoms with van der Waals surface area (Å²) >= 11 is 1.81. The number of rotatable bonds is 4. The molecule has 0 saturated carbocycles. The first-order valence-electron chi connectivity index (χ1n) is 5.45. The van der Waals surface area contributed by atoms with Crippen LogP contribution >= 0.6 is 11.3 Å². The summed E-state index contributed by atoms with van der Waals surface area (Å²) in [7, 11) is 0. The van der Waals surface area contributed by atoms with Crippen LogP contribution in [-0.4, -0.2) is 11.0 Å². The Morgan fingerprint density at radius 3 is 3.00 bits per heavy atom. The lowest BCUT2D eigenvalue weighted by Gasteiger charge is -2.14. The number of hydrogen-bond acceptors (Lipinski definition) is 3. The average molecular weight is 232 g/mol. The largest absolute Gasteiger partial charge is 0.382 e. The topological polar surface area (TPSA) is 24.9 Å². The maximum absolute atomic E-state index is 4.18. The first-order valence-corrected chi connectivity index (χ1v) is 6.33. The van der Waals surface area contributed by atoms with E-state index in [1.807, 2.05) is 30.5 Å². The molecular weight excluding hydrogens is 216 g/mol. The molecule has 0 fully saturated rings. The molecule has 0 spiro atoms. The smallest absolute Gasteiger partial charge is 0.0393 e. The van der Waals surface area contributed by atoms with Crippen molar-refractivity contribution < 1.29 is 0 Å². The predicted molar refractivity (Wildman–Crippen MR) is 70.1 cm³/mol. The summed E-state index contributed by atoms with van der Waals surface area (Å²) in [6, 6.07) is 8.81. The minimum absolute atomic E-state index is 0.445. The normalized spacial score (nSPS) is 12.4. The maximum atomic E-state index is 4.18. The van der Waals surface area contributed by atoms with Crippen LogP contribution in [-0.2, 0) is 6.42 Å². The molecule has 2 aromatic heterocycles. The lowest BCUT2D eigenvalue weighted by Crippen LogP contribution is -2.17. The number of aromatic nitrogens is 1. The zero-order valence-corrected chi connectivity index (χ0v) is 10.4. The molecular formula is C13H16N2S. The van der Waals surface area contributed by atoms with Gasteiger partial charge in [0.25, 0.3) is 0 Å². The van der Waals surface area contributed by atoms with E-state index in [1.54, 1.807) is 0 Å². The van der Waals surface area contributed by atoms with Gasteiger partial charge in [-0.2, -0.15) is 0 Å². The van der Waals surface area contributed by atoms with Gasteiger partial charge in [0, 0.05) is 34.9 Å². The average Bonchev–Trinajstić information content (AvgIpc) is 2.70. The molecule has 3 heteroatoms. The van der Waals surface area contributed by atoms with Gasteiger partial charge in [0.1, 0.15) is 0 Å². The van der Waals surface area contributed by atoms with Gasteiger partial charge in [0.15, 0.2) is 0 Å². The second kappa shape index (κ2) is 5.12. The van der Waals surface area contributed by atoms with Crippen molar-refractivity contribution in [3.8, 4) is 0 Å². The monoisotopic (exact) mass is 232 g/mol. The van der Waals surface area contributed by atoms with E-state index < -0.39 is 0 Å². The van der Waals surface area contributed by atoms with Crippen LogP contribution in [0.15, 0.2) is 35.8 Å². The number of pyridine rings is 1. The number of thiophene rings is 1. The number of aryl methyl sites for hydroxylation is 1. The van der Waals surface area contributed by atoms with Gasteiger partial charge in [-0.1, -0.05) is 6.07 Å². The first kappa shape index (κ1) is 11.1. The number of nitrogens with zero attached hydrogens (tertiary/aromatic N) is 1. The zero-order chi connectivity index (χ0) is 11.4. The number of anilines is 1. The highest BCUT2D eigenvalue weighted by atomic mass is 32.1. The van der Waals surface area contributed by atoms with Gasteiger partial charge >= 0.3 is 0 Å². The van der Waals surface area contributed by atoms with Gasteiger partial charge in [-0.15, -0.1) is 11.3 Å². The molecule has 0 aliphatic rings. The molecule has 2 rings (SSSR count). The summed E-state index contributed by atoms with van der Waals surface area (Å²) in [4.78, 5) is 5.61. The Hall–Kier alpha value is -1.35. The second-order valence-corrected chi connectivity index (χ2v) is 5.05. The van der Waals surface area contributed by atoms with E-state index in [4.69, 9.17) is 0 Å². The molecule has 2 nitrogen and oxygen atoms in total. The van der Waals surface area contributed by atoms with Gasteiger partial charge in [0.05, 0.1) is 0 Å². The van der Waals surface area contributed by atoms with Crippen molar-refractivity contribution >= 4 is 17.0 Å². The van der Waals surface area contributed by atoms with Crippen LogP contribution in [0.2, 0.25) is 0 Å². The molecule has 0 saturated heterocycles. The molecule has 2 heterocycles. The molecule has 0 aliphatic carbocycles. The summed E-state index contributed by atoms with van der Waals surface area (Å²) < 4.78 is 0. The molecule has 0 aliphatic heterocycles. The SMILES string of the molecule is Cc1cc(NC(C)Cc2cccs2)ccn1. The Bertz CT molecular complexity index is 437. The van der Waals surface area contributed by atoms with E-state index in [2.05, 4.69) is 40.8 Å². The molecule has 16 heavy (non-hydrogen) atoms. The van der Waals surface area contributed by atoms with Crippen LogP contribution in [0.25, 0.3) is 0 Å². The third-order valence-electron chi connectivity index (χ3n) is 2.40. The van der Waals surface area contributed by atoms with Crippen molar-refractivity contribution in [2.24, 2.45) is 0 Å². The van der Waals surface area contributed by atoms with Crippen molar-refractivity contribution in [3.63, 3.8) is 0 Å². The van der Waals surface area contributed by atoms with E-state index in [9.17, 15) is 0 Å². The van der Waals surface area contributed by atoms with Crippen LogP contribution in [0.3, 0.4) is 0 Å². The Labute approximate surface area is 100 Å². The van der Waals surface area contributed by atoms with E-state index in [1.165, 1.54) is 4.88 Å². The lowest BCUT2D eigenvalue weighted by atomic mass is 10.2. The van der Waals surface area contributed by atoms with Gasteiger partial charge in [-0.05, 0) is 37.4 Å². The van der Waals surface area contributed by atoms with E-state index >= 15 is 0 Å². The fourth-order valence-corrected chi connectivity index (χ4v) is 2.54. The Morgan fingerprint density at radius 1 is 1.44 bits per heavy atom. The van der Waals surface area contributed by atoms with Crippen LogP contribution in [0.5, 0.6) is 0 Å². The minimum Gasteiger partial charge on any atom is -0.382 e. The Kier molecular flexibility index (Phi) is 3.57. The summed E-state index contributed by atoms with van der Waals surface area (Å²) in [5.74, 6) is 0. The summed E-state index contributed by atoms with van der Waals surface area (Å²) in [5, 5.41) is 5.61. The Morgan fingerprint density at radius 2 is 2.31 bits per heavy atom. The zero-order valence-electron chi connectivity index (χ0n) is 9.60. The second-order valence-electron chi connectivity index (χ2n) is 4.01. The van der Waals surface area contributed by atoms with Crippen LogP contribution in [0.4, 0.5) is 5.69 Å². The third-order valence-corrected chi connectivity index (χ3v) is 3.30. The van der Waals surface area contributed by atoms with Crippen molar-refractivity contribution in [3.05, 3.63) is 46.4 Å². The molecule has 1 N–H and O–H groups in total. The quantitative estimate of drug-likeness (QED) is 0.872. The standard InChI is InChI=1S/C13H16N2S/c1-10-8-12(5-6-14-10)15-11(2)9-13-4-3-7-16-13/h3-8,11H,9H2,1-2H3,(H,14,15). The molecule has 1 atom stereocenters.